The minimum Gasteiger partial charge on any atom is -0.381 e. The Balaban J connectivity index is 2.33. The van der Waals surface area contributed by atoms with Crippen LogP contribution in [0, 0.1) is 11.3 Å². The topological polar surface area (TPSA) is 64.4 Å². The van der Waals surface area contributed by atoms with Crippen molar-refractivity contribution in [2.24, 2.45) is 17.1 Å². The number of hydrogen-bond donors (Lipinski definition) is 2. The zero-order valence-electron chi connectivity index (χ0n) is 9.71. The van der Waals surface area contributed by atoms with Crippen molar-refractivity contribution in [1.29, 1.82) is 0 Å². The Kier molecular flexibility index (Phi) is 4.54. The summed E-state index contributed by atoms with van der Waals surface area (Å²) in [5.41, 5.74) is 5.20. The fourth-order valence-corrected chi connectivity index (χ4v) is 1.59. The predicted octanol–water partition coefficient (Wildman–Crippen LogP) is 0.514. The monoisotopic (exact) mass is 214 g/mol. The molecule has 0 aliphatic carbocycles. The Bertz CT molecular complexity index is 209. The van der Waals surface area contributed by atoms with Crippen molar-refractivity contribution in [3.63, 3.8) is 0 Å². The molecule has 0 saturated carbocycles. The van der Waals surface area contributed by atoms with Gasteiger partial charge < -0.3 is 15.8 Å². The van der Waals surface area contributed by atoms with E-state index in [1.54, 1.807) is 0 Å². The lowest BCUT2D eigenvalue weighted by Crippen LogP contribution is -2.45. The van der Waals surface area contributed by atoms with E-state index in [1.165, 1.54) is 0 Å². The molecule has 4 heteroatoms. The van der Waals surface area contributed by atoms with Crippen molar-refractivity contribution < 1.29 is 9.53 Å². The summed E-state index contributed by atoms with van der Waals surface area (Å²) in [6.45, 7) is 6.61. The van der Waals surface area contributed by atoms with Crippen LogP contribution in [-0.4, -0.2) is 32.2 Å². The molecule has 0 spiro atoms. The highest BCUT2D eigenvalue weighted by Gasteiger charge is 2.30. The van der Waals surface area contributed by atoms with Crippen LogP contribution in [0.25, 0.3) is 0 Å². The second-order valence-electron chi connectivity index (χ2n) is 4.56. The number of nitrogens with two attached hydrogens (primary N) is 1. The number of hydrogen-bond acceptors (Lipinski definition) is 3. The van der Waals surface area contributed by atoms with E-state index >= 15 is 0 Å². The lowest BCUT2D eigenvalue weighted by Gasteiger charge is -2.25. The van der Waals surface area contributed by atoms with Gasteiger partial charge >= 0.3 is 0 Å². The third-order valence-electron chi connectivity index (χ3n) is 3.35. The number of rotatable bonds is 5. The van der Waals surface area contributed by atoms with E-state index in [4.69, 9.17) is 10.5 Å². The Morgan fingerprint density at radius 2 is 2.40 bits per heavy atom. The molecular formula is C11H22N2O2. The normalized spacial score (nSPS) is 24.9. The first-order valence-corrected chi connectivity index (χ1v) is 5.68. The van der Waals surface area contributed by atoms with Gasteiger partial charge in [0, 0.05) is 25.6 Å². The molecule has 1 fully saturated rings. The summed E-state index contributed by atoms with van der Waals surface area (Å²) in [4.78, 5) is 11.9. The van der Waals surface area contributed by atoms with Crippen LogP contribution in [0.2, 0.25) is 0 Å². The van der Waals surface area contributed by atoms with E-state index in [1.807, 2.05) is 13.8 Å². The molecule has 2 unspecified atom stereocenters. The van der Waals surface area contributed by atoms with Crippen LogP contribution in [-0.2, 0) is 9.53 Å². The van der Waals surface area contributed by atoms with Gasteiger partial charge in [0.15, 0.2) is 0 Å². The summed E-state index contributed by atoms with van der Waals surface area (Å²) < 4.78 is 5.25. The molecular weight excluding hydrogens is 192 g/mol. The molecule has 0 aromatic rings. The summed E-state index contributed by atoms with van der Waals surface area (Å²) in [6, 6.07) is 0. The lowest BCUT2D eigenvalue weighted by atomic mass is 9.86. The van der Waals surface area contributed by atoms with Crippen LogP contribution in [0.15, 0.2) is 0 Å². The van der Waals surface area contributed by atoms with Crippen molar-refractivity contribution >= 4 is 5.91 Å². The first-order chi connectivity index (χ1) is 7.12. The van der Waals surface area contributed by atoms with E-state index in [9.17, 15) is 4.79 Å². The van der Waals surface area contributed by atoms with E-state index < -0.39 is 5.41 Å². The Morgan fingerprint density at radius 1 is 1.67 bits per heavy atom. The van der Waals surface area contributed by atoms with Gasteiger partial charge in [-0.2, -0.15) is 0 Å². The van der Waals surface area contributed by atoms with Crippen LogP contribution in [0.1, 0.15) is 26.7 Å². The van der Waals surface area contributed by atoms with Gasteiger partial charge in [0.1, 0.15) is 0 Å². The van der Waals surface area contributed by atoms with E-state index in [2.05, 4.69) is 5.32 Å². The zero-order valence-corrected chi connectivity index (χ0v) is 9.71. The Hall–Kier alpha value is -0.610. The van der Waals surface area contributed by atoms with Gasteiger partial charge in [0.2, 0.25) is 5.91 Å². The molecule has 0 radical (unpaired) electrons. The number of carbonyl (C=O) groups excluding carboxylic acids is 1. The third-order valence-corrected chi connectivity index (χ3v) is 3.35. The number of ether oxygens (including phenoxy) is 1. The molecule has 4 nitrogen and oxygen atoms in total. The van der Waals surface area contributed by atoms with Crippen LogP contribution < -0.4 is 11.1 Å². The van der Waals surface area contributed by atoms with E-state index in [0.717, 1.165) is 26.1 Å². The van der Waals surface area contributed by atoms with Gasteiger partial charge in [-0.1, -0.05) is 6.92 Å². The van der Waals surface area contributed by atoms with Crippen molar-refractivity contribution in [3.8, 4) is 0 Å². The molecule has 1 rings (SSSR count). The molecule has 0 aromatic heterocycles. The smallest absolute Gasteiger partial charge is 0.227 e. The first-order valence-electron chi connectivity index (χ1n) is 5.68. The van der Waals surface area contributed by atoms with Crippen molar-refractivity contribution in [3.05, 3.63) is 0 Å². The zero-order chi connectivity index (χ0) is 11.3. The number of carbonyl (C=O) groups is 1. The summed E-state index contributed by atoms with van der Waals surface area (Å²) in [5.74, 6) is 0.548. The van der Waals surface area contributed by atoms with E-state index in [-0.39, 0.29) is 5.91 Å². The summed E-state index contributed by atoms with van der Waals surface area (Å²) >= 11 is 0. The molecule has 1 saturated heterocycles. The van der Waals surface area contributed by atoms with Gasteiger partial charge in [-0.05, 0) is 19.8 Å². The summed E-state index contributed by atoms with van der Waals surface area (Å²) in [6.07, 6.45) is 1.82. The maximum Gasteiger partial charge on any atom is 0.227 e. The maximum absolute atomic E-state index is 11.9. The van der Waals surface area contributed by atoms with Gasteiger partial charge in [-0.3, -0.25) is 4.79 Å². The minimum absolute atomic E-state index is 0.0689. The largest absolute Gasteiger partial charge is 0.381 e. The van der Waals surface area contributed by atoms with Crippen LogP contribution in [0.3, 0.4) is 0 Å². The maximum atomic E-state index is 11.9. The van der Waals surface area contributed by atoms with Crippen molar-refractivity contribution in [2.45, 2.75) is 26.7 Å². The molecule has 1 aliphatic heterocycles. The SMILES string of the molecule is CCC(C)(CN)C(=O)NCC1CCOC1. The summed E-state index contributed by atoms with van der Waals surface area (Å²) in [5, 5.41) is 2.97. The number of amides is 1. The standard InChI is InChI=1S/C11H22N2O2/c1-3-11(2,8-12)10(14)13-6-9-4-5-15-7-9/h9H,3-8,12H2,1-2H3,(H,13,14). The lowest BCUT2D eigenvalue weighted by molar-refractivity contribution is -0.130. The molecule has 1 aliphatic rings. The molecule has 1 heterocycles. The summed E-state index contributed by atoms with van der Waals surface area (Å²) in [7, 11) is 0. The fourth-order valence-electron chi connectivity index (χ4n) is 1.59. The average molecular weight is 214 g/mol. The molecule has 15 heavy (non-hydrogen) atoms. The van der Waals surface area contributed by atoms with Crippen LogP contribution >= 0.6 is 0 Å². The quantitative estimate of drug-likeness (QED) is 0.701. The second kappa shape index (κ2) is 5.47. The Labute approximate surface area is 91.5 Å². The molecule has 1 amide bonds. The highest BCUT2D eigenvalue weighted by atomic mass is 16.5. The third kappa shape index (κ3) is 3.18. The Morgan fingerprint density at radius 3 is 2.87 bits per heavy atom. The minimum atomic E-state index is -0.417. The highest BCUT2D eigenvalue weighted by Crippen LogP contribution is 2.19. The highest BCUT2D eigenvalue weighted by molar-refractivity contribution is 5.82. The van der Waals surface area contributed by atoms with Crippen molar-refractivity contribution in [2.75, 3.05) is 26.3 Å². The molecule has 88 valence electrons. The van der Waals surface area contributed by atoms with Gasteiger partial charge in [0.25, 0.3) is 0 Å². The molecule has 0 aromatic carbocycles. The van der Waals surface area contributed by atoms with Crippen LogP contribution in [0.4, 0.5) is 0 Å². The van der Waals surface area contributed by atoms with Crippen LogP contribution in [0.5, 0.6) is 0 Å². The first kappa shape index (κ1) is 12.5. The van der Waals surface area contributed by atoms with Gasteiger partial charge in [0.05, 0.1) is 12.0 Å². The van der Waals surface area contributed by atoms with E-state index in [0.29, 0.717) is 19.0 Å². The molecule has 0 bridgehead atoms. The van der Waals surface area contributed by atoms with Gasteiger partial charge in [-0.15, -0.1) is 0 Å². The molecule has 3 N–H and O–H groups in total. The average Bonchev–Trinajstić information content (AvgIpc) is 2.77. The fraction of sp³-hybridized carbons (Fsp3) is 0.909. The van der Waals surface area contributed by atoms with Crippen molar-refractivity contribution in [1.82, 2.24) is 5.32 Å². The predicted molar refractivity (Wildman–Crippen MR) is 59.4 cm³/mol. The molecule has 2 atom stereocenters. The van der Waals surface area contributed by atoms with Gasteiger partial charge in [-0.25, -0.2) is 0 Å². The second-order valence-corrected chi connectivity index (χ2v) is 4.56. The number of nitrogens with one attached hydrogen (secondary N) is 1.